The molecule has 1 aromatic carbocycles. The van der Waals surface area contributed by atoms with Crippen molar-refractivity contribution in [1.82, 2.24) is 5.32 Å². The van der Waals surface area contributed by atoms with Crippen LogP contribution in [-0.4, -0.2) is 32.3 Å². The minimum absolute atomic E-state index is 0.109. The lowest BCUT2D eigenvalue weighted by molar-refractivity contribution is 0.0832. The smallest absolute Gasteiger partial charge is 0.287 e. The number of rotatable bonds is 7. The molecule has 0 radical (unpaired) electrons. The van der Waals surface area contributed by atoms with Crippen molar-refractivity contribution in [2.75, 3.05) is 20.3 Å². The standard InChI is InChI=1S/C18H21NO5/c1-21-15-6-2-3-7-16(15)23-12-14-8-9-17(24-14)18(20)19-11-13-5-4-10-22-13/h2-3,6-9,13H,4-5,10-12H2,1H3,(H,19,20)/t13-/m1/s1. The van der Waals surface area contributed by atoms with Crippen molar-refractivity contribution in [3.05, 3.63) is 47.9 Å². The second-order valence-corrected chi connectivity index (χ2v) is 5.55. The van der Waals surface area contributed by atoms with E-state index in [4.69, 9.17) is 18.6 Å². The molecule has 1 aliphatic rings. The van der Waals surface area contributed by atoms with Crippen molar-refractivity contribution in [2.45, 2.75) is 25.6 Å². The number of amides is 1. The number of nitrogens with one attached hydrogen (secondary N) is 1. The van der Waals surface area contributed by atoms with Crippen LogP contribution in [0.4, 0.5) is 0 Å². The third kappa shape index (κ3) is 4.08. The van der Waals surface area contributed by atoms with Gasteiger partial charge in [-0.2, -0.15) is 0 Å². The summed E-state index contributed by atoms with van der Waals surface area (Å²) in [5.74, 6) is 1.88. The Morgan fingerprint density at radius 1 is 1.25 bits per heavy atom. The average Bonchev–Trinajstić information content (AvgIpc) is 3.30. The second-order valence-electron chi connectivity index (χ2n) is 5.55. The van der Waals surface area contributed by atoms with E-state index in [0.29, 0.717) is 23.8 Å². The Morgan fingerprint density at radius 2 is 2.08 bits per heavy atom. The van der Waals surface area contributed by atoms with Gasteiger partial charge in [-0.25, -0.2) is 0 Å². The first kappa shape index (κ1) is 16.4. The number of benzene rings is 1. The average molecular weight is 331 g/mol. The fraction of sp³-hybridized carbons (Fsp3) is 0.389. The van der Waals surface area contributed by atoms with Crippen LogP contribution >= 0.6 is 0 Å². The molecule has 6 heteroatoms. The van der Waals surface area contributed by atoms with E-state index in [1.807, 2.05) is 24.3 Å². The number of furan rings is 1. The van der Waals surface area contributed by atoms with E-state index < -0.39 is 0 Å². The Labute approximate surface area is 140 Å². The van der Waals surface area contributed by atoms with Crippen LogP contribution in [0.25, 0.3) is 0 Å². The summed E-state index contributed by atoms with van der Waals surface area (Å²) in [6, 6.07) is 10.7. The van der Waals surface area contributed by atoms with E-state index in [1.54, 1.807) is 19.2 Å². The van der Waals surface area contributed by atoms with Crippen molar-refractivity contribution < 1.29 is 23.4 Å². The molecule has 128 valence electrons. The molecule has 0 saturated carbocycles. The van der Waals surface area contributed by atoms with Crippen LogP contribution in [-0.2, 0) is 11.3 Å². The molecular formula is C18H21NO5. The summed E-state index contributed by atoms with van der Waals surface area (Å²) in [5.41, 5.74) is 0. The summed E-state index contributed by atoms with van der Waals surface area (Å²) in [4.78, 5) is 12.1. The first-order valence-electron chi connectivity index (χ1n) is 8.00. The number of methoxy groups -OCH3 is 1. The Balaban J connectivity index is 1.52. The number of ether oxygens (including phenoxy) is 3. The maximum absolute atomic E-state index is 12.1. The summed E-state index contributed by atoms with van der Waals surface area (Å²) >= 11 is 0. The number of hydrogen-bond donors (Lipinski definition) is 1. The highest BCUT2D eigenvalue weighted by Crippen LogP contribution is 2.26. The maximum Gasteiger partial charge on any atom is 0.287 e. The number of para-hydroxylation sites is 2. The molecule has 1 fully saturated rings. The van der Waals surface area contributed by atoms with Gasteiger partial charge in [-0.15, -0.1) is 0 Å². The molecule has 6 nitrogen and oxygen atoms in total. The SMILES string of the molecule is COc1ccccc1OCc1ccc(C(=O)NC[C@H]2CCCO2)o1. The van der Waals surface area contributed by atoms with Gasteiger partial charge in [0.2, 0.25) is 0 Å². The molecule has 2 heterocycles. The van der Waals surface area contributed by atoms with Crippen molar-refractivity contribution in [1.29, 1.82) is 0 Å². The Bertz CT molecular complexity index is 676. The monoisotopic (exact) mass is 331 g/mol. The fourth-order valence-electron chi connectivity index (χ4n) is 2.56. The van der Waals surface area contributed by atoms with Gasteiger partial charge >= 0.3 is 0 Å². The largest absolute Gasteiger partial charge is 0.493 e. The molecule has 0 bridgehead atoms. The first-order valence-corrected chi connectivity index (χ1v) is 8.00. The van der Waals surface area contributed by atoms with E-state index in [-0.39, 0.29) is 24.4 Å². The van der Waals surface area contributed by atoms with Gasteiger partial charge in [0.25, 0.3) is 5.91 Å². The molecule has 2 aromatic rings. The van der Waals surface area contributed by atoms with Crippen molar-refractivity contribution in [3.63, 3.8) is 0 Å². The normalized spacial score (nSPS) is 16.8. The van der Waals surface area contributed by atoms with Crippen LogP contribution in [0.15, 0.2) is 40.8 Å². The van der Waals surface area contributed by atoms with Crippen LogP contribution in [0.2, 0.25) is 0 Å². The zero-order valence-electron chi connectivity index (χ0n) is 13.6. The summed E-state index contributed by atoms with van der Waals surface area (Å²) in [6.07, 6.45) is 2.14. The van der Waals surface area contributed by atoms with E-state index in [2.05, 4.69) is 5.32 Å². The lowest BCUT2D eigenvalue weighted by Crippen LogP contribution is -2.31. The van der Waals surface area contributed by atoms with E-state index in [0.717, 1.165) is 19.4 Å². The topological polar surface area (TPSA) is 69.9 Å². The van der Waals surface area contributed by atoms with Crippen LogP contribution < -0.4 is 14.8 Å². The molecule has 1 N–H and O–H groups in total. The van der Waals surface area contributed by atoms with Crippen molar-refractivity contribution in [3.8, 4) is 11.5 Å². The fourth-order valence-corrected chi connectivity index (χ4v) is 2.56. The maximum atomic E-state index is 12.1. The molecular weight excluding hydrogens is 310 g/mol. The number of hydrogen-bond acceptors (Lipinski definition) is 5. The summed E-state index contributed by atoms with van der Waals surface area (Å²) in [7, 11) is 1.59. The minimum atomic E-state index is -0.242. The molecule has 0 unspecified atom stereocenters. The van der Waals surface area contributed by atoms with Crippen molar-refractivity contribution >= 4 is 5.91 Å². The third-order valence-corrected chi connectivity index (χ3v) is 3.84. The van der Waals surface area contributed by atoms with E-state index in [1.165, 1.54) is 0 Å². The quantitative estimate of drug-likeness (QED) is 0.845. The summed E-state index contributed by atoms with van der Waals surface area (Å²) < 4.78 is 21.9. The zero-order chi connectivity index (χ0) is 16.8. The predicted molar refractivity (Wildman–Crippen MR) is 87.3 cm³/mol. The van der Waals surface area contributed by atoms with Gasteiger partial charge in [-0.05, 0) is 37.1 Å². The van der Waals surface area contributed by atoms with Crippen LogP contribution in [0, 0.1) is 0 Å². The highest BCUT2D eigenvalue weighted by atomic mass is 16.5. The van der Waals surface area contributed by atoms with Gasteiger partial charge in [0.1, 0.15) is 12.4 Å². The number of carbonyl (C=O) groups excluding carboxylic acids is 1. The lowest BCUT2D eigenvalue weighted by Gasteiger charge is -2.10. The minimum Gasteiger partial charge on any atom is -0.493 e. The highest BCUT2D eigenvalue weighted by Gasteiger charge is 2.18. The molecule has 0 spiro atoms. The molecule has 0 aliphatic carbocycles. The molecule has 24 heavy (non-hydrogen) atoms. The Morgan fingerprint density at radius 3 is 2.83 bits per heavy atom. The van der Waals surface area contributed by atoms with Crippen LogP contribution in [0.3, 0.4) is 0 Å². The summed E-state index contributed by atoms with van der Waals surface area (Å²) in [5, 5.41) is 2.83. The first-order chi connectivity index (χ1) is 11.8. The van der Waals surface area contributed by atoms with Gasteiger partial charge in [0.05, 0.1) is 13.2 Å². The van der Waals surface area contributed by atoms with Gasteiger partial charge in [0.15, 0.2) is 17.3 Å². The molecule has 1 saturated heterocycles. The molecule has 1 aromatic heterocycles. The van der Waals surface area contributed by atoms with Gasteiger partial charge in [0, 0.05) is 13.2 Å². The van der Waals surface area contributed by atoms with E-state index in [9.17, 15) is 4.79 Å². The Kier molecular flexibility index (Phi) is 5.38. The highest BCUT2D eigenvalue weighted by molar-refractivity contribution is 5.91. The van der Waals surface area contributed by atoms with Crippen LogP contribution in [0.5, 0.6) is 11.5 Å². The predicted octanol–water partition coefficient (Wildman–Crippen LogP) is 2.78. The molecule has 1 atom stereocenters. The number of carbonyl (C=O) groups is 1. The van der Waals surface area contributed by atoms with Crippen molar-refractivity contribution in [2.24, 2.45) is 0 Å². The lowest BCUT2D eigenvalue weighted by atomic mass is 10.2. The van der Waals surface area contributed by atoms with Crippen LogP contribution in [0.1, 0.15) is 29.2 Å². The van der Waals surface area contributed by atoms with Gasteiger partial charge in [-0.1, -0.05) is 12.1 Å². The zero-order valence-corrected chi connectivity index (χ0v) is 13.6. The Hall–Kier alpha value is -2.47. The van der Waals surface area contributed by atoms with Gasteiger partial charge in [-0.3, -0.25) is 4.79 Å². The second kappa shape index (κ2) is 7.88. The molecule has 1 amide bonds. The molecule has 3 rings (SSSR count). The summed E-state index contributed by atoms with van der Waals surface area (Å²) in [6.45, 7) is 1.50. The van der Waals surface area contributed by atoms with E-state index >= 15 is 0 Å². The third-order valence-electron chi connectivity index (χ3n) is 3.84. The molecule has 1 aliphatic heterocycles. The van der Waals surface area contributed by atoms with Gasteiger partial charge < -0.3 is 23.9 Å².